The van der Waals surface area contributed by atoms with Crippen molar-refractivity contribution in [1.82, 2.24) is 4.90 Å². The summed E-state index contributed by atoms with van der Waals surface area (Å²) < 4.78 is 70.1. The van der Waals surface area contributed by atoms with Crippen LogP contribution in [0.1, 0.15) is 11.1 Å². The van der Waals surface area contributed by atoms with Crippen molar-refractivity contribution in [3.8, 4) is 0 Å². The van der Waals surface area contributed by atoms with Crippen molar-refractivity contribution in [1.29, 1.82) is 0 Å². The number of nitrogens with one attached hydrogen (secondary N) is 1. The van der Waals surface area contributed by atoms with Gasteiger partial charge in [0.05, 0.1) is 27.5 Å². The number of thioether (sulfide) groups is 1. The van der Waals surface area contributed by atoms with Gasteiger partial charge < -0.3 is 5.32 Å². The molecule has 0 bridgehead atoms. The summed E-state index contributed by atoms with van der Waals surface area (Å²) in [7, 11) is -4.37. The van der Waals surface area contributed by atoms with Crippen LogP contribution in [0.4, 0.5) is 24.5 Å². The number of hydrogen-bond donors (Lipinski definition) is 2. The Balaban J connectivity index is 1.60. The Morgan fingerprint density at radius 2 is 1.76 bits per heavy atom. The summed E-state index contributed by atoms with van der Waals surface area (Å²) in [5, 5.41) is 2.34. The first-order chi connectivity index (χ1) is 17.3. The van der Waals surface area contributed by atoms with Crippen LogP contribution in [0, 0.1) is 0 Å². The first kappa shape index (κ1) is 26.8. The van der Waals surface area contributed by atoms with Crippen LogP contribution in [-0.4, -0.2) is 58.8 Å². The Bertz CT molecular complexity index is 1470. The van der Waals surface area contributed by atoms with Crippen LogP contribution in [-0.2, 0) is 30.7 Å². The van der Waals surface area contributed by atoms with Crippen LogP contribution in [0.2, 0.25) is 0 Å². The number of thiocarbonyl (C=S) groups is 1. The molecule has 9 nitrogen and oxygen atoms in total. The van der Waals surface area contributed by atoms with Gasteiger partial charge in [0.25, 0.3) is 21.9 Å². The van der Waals surface area contributed by atoms with Crippen molar-refractivity contribution in [2.24, 2.45) is 0 Å². The molecule has 2 heterocycles. The SMILES string of the molecule is O=C(CN1C(=O)/C(=C2/SC(=S)N(CCS(=O)(=O)O)C2=O)c2ccccc21)Nc1cccc(C(F)(F)F)c1. The third-order valence-corrected chi connectivity index (χ3v) is 7.49. The van der Waals surface area contributed by atoms with Gasteiger partial charge in [-0.2, -0.15) is 21.6 Å². The fourth-order valence-corrected chi connectivity index (χ4v) is 5.52. The van der Waals surface area contributed by atoms with Gasteiger partial charge in [0.1, 0.15) is 10.9 Å². The molecule has 1 fully saturated rings. The first-order valence-electron chi connectivity index (χ1n) is 10.4. The van der Waals surface area contributed by atoms with E-state index >= 15 is 0 Å². The Kier molecular flexibility index (Phi) is 7.16. The lowest BCUT2D eigenvalue weighted by atomic mass is 10.1. The van der Waals surface area contributed by atoms with E-state index in [0.717, 1.165) is 39.8 Å². The number of amides is 3. The molecule has 0 unspecified atom stereocenters. The van der Waals surface area contributed by atoms with Gasteiger partial charge >= 0.3 is 6.18 Å². The molecule has 2 aliphatic rings. The second-order valence-corrected chi connectivity index (χ2v) is 11.1. The number of carbonyl (C=O) groups excluding carboxylic acids is 3. The van der Waals surface area contributed by atoms with Crippen molar-refractivity contribution < 1.29 is 40.5 Å². The monoisotopic (exact) mass is 571 g/mol. The third kappa shape index (κ3) is 5.69. The average Bonchev–Trinajstić information content (AvgIpc) is 3.23. The van der Waals surface area contributed by atoms with Crippen molar-refractivity contribution in [2.75, 3.05) is 29.1 Å². The Labute approximate surface area is 218 Å². The highest BCUT2D eigenvalue weighted by molar-refractivity contribution is 8.26. The highest BCUT2D eigenvalue weighted by Gasteiger charge is 2.42. The van der Waals surface area contributed by atoms with Crippen LogP contribution < -0.4 is 10.2 Å². The molecule has 4 rings (SSSR count). The maximum Gasteiger partial charge on any atom is 0.416 e. The molecule has 0 atom stereocenters. The zero-order chi connectivity index (χ0) is 27.1. The van der Waals surface area contributed by atoms with Crippen LogP contribution in [0.5, 0.6) is 0 Å². The molecule has 2 aromatic carbocycles. The van der Waals surface area contributed by atoms with Gasteiger partial charge in [0.2, 0.25) is 5.91 Å². The molecule has 1 saturated heterocycles. The van der Waals surface area contributed by atoms with Crippen molar-refractivity contribution in [2.45, 2.75) is 6.18 Å². The molecule has 2 aliphatic heterocycles. The van der Waals surface area contributed by atoms with Crippen LogP contribution >= 0.6 is 24.0 Å². The van der Waals surface area contributed by atoms with E-state index in [-0.39, 0.29) is 20.5 Å². The summed E-state index contributed by atoms with van der Waals surface area (Å²) >= 11 is 5.93. The first-order valence-corrected chi connectivity index (χ1v) is 13.2. The number of alkyl halides is 3. The lowest BCUT2D eigenvalue weighted by Crippen LogP contribution is -2.36. The van der Waals surface area contributed by atoms with E-state index in [9.17, 15) is 36.0 Å². The lowest BCUT2D eigenvalue weighted by Gasteiger charge is -2.17. The van der Waals surface area contributed by atoms with Gasteiger partial charge in [-0.05, 0) is 24.3 Å². The molecule has 0 radical (unpaired) electrons. The highest BCUT2D eigenvalue weighted by Crippen LogP contribution is 2.44. The standard InChI is InChI=1S/C22H16F3N3O6S3/c23-22(24,25)12-4-3-5-13(10-12)26-16(29)11-28-15-7-2-1-6-14(15)17(19(28)30)18-20(31)27(21(35)36-18)8-9-37(32,33)34/h1-7,10H,8-9,11H2,(H,26,29)(H,32,33,34)/b18-17+. The second kappa shape index (κ2) is 9.89. The Morgan fingerprint density at radius 3 is 2.43 bits per heavy atom. The lowest BCUT2D eigenvalue weighted by molar-refractivity contribution is -0.137. The van der Waals surface area contributed by atoms with E-state index in [1.165, 1.54) is 12.1 Å². The molecular weight excluding hydrogens is 555 g/mol. The van der Waals surface area contributed by atoms with E-state index in [0.29, 0.717) is 11.3 Å². The molecule has 2 N–H and O–H groups in total. The highest BCUT2D eigenvalue weighted by atomic mass is 32.2. The number of halogens is 3. The Hall–Kier alpha value is -3.27. The van der Waals surface area contributed by atoms with Gasteiger partial charge in [-0.25, -0.2) is 0 Å². The predicted molar refractivity (Wildman–Crippen MR) is 134 cm³/mol. The van der Waals surface area contributed by atoms with E-state index in [2.05, 4.69) is 5.32 Å². The van der Waals surface area contributed by atoms with Gasteiger partial charge in [-0.15, -0.1) is 0 Å². The molecule has 194 valence electrons. The van der Waals surface area contributed by atoms with Crippen LogP contribution in [0.3, 0.4) is 0 Å². The number of nitrogens with zero attached hydrogens (tertiary/aromatic N) is 2. The molecule has 15 heteroatoms. The second-order valence-electron chi connectivity index (χ2n) is 7.85. The number of benzene rings is 2. The summed E-state index contributed by atoms with van der Waals surface area (Å²) in [4.78, 5) is 41.0. The minimum Gasteiger partial charge on any atom is -0.325 e. The molecule has 3 amide bonds. The largest absolute Gasteiger partial charge is 0.416 e. The van der Waals surface area contributed by atoms with Crippen molar-refractivity contribution >= 4 is 73.1 Å². The maximum atomic E-state index is 13.4. The maximum absolute atomic E-state index is 13.4. The normalized spacial score (nSPS) is 18.0. The number of carbonyl (C=O) groups is 3. The third-order valence-electron chi connectivity index (χ3n) is 5.35. The number of fused-ring (bicyclic) bond motifs is 1. The number of anilines is 2. The van der Waals surface area contributed by atoms with Crippen LogP contribution in [0.25, 0.3) is 5.57 Å². The van der Waals surface area contributed by atoms with Gasteiger partial charge in [0.15, 0.2) is 0 Å². The molecular formula is C22H16F3N3O6S3. The molecule has 0 spiro atoms. The molecule has 2 aromatic rings. The molecule has 0 saturated carbocycles. The number of rotatable bonds is 6. The summed E-state index contributed by atoms with van der Waals surface area (Å²) in [5.41, 5.74) is -0.486. The smallest absolute Gasteiger partial charge is 0.325 e. The number of para-hydroxylation sites is 1. The molecule has 0 aliphatic carbocycles. The van der Waals surface area contributed by atoms with E-state index < -0.39 is 58.4 Å². The van der Waals surface area contributed by atoms with Crippen molar-refractivity contribution in [3.05, 3.63) is 64.6 Å². The fraction of sp³-hybridized carbons (Fsp3) is 0.182. The Morgan fingerprint density at radius 1 is 1.05 bits per heavy atom. The fourth-order valence-electron chi connectivity index (χ4n) is 3.72. The van der Waals surface area contributed by atoms with E-state index in [1.54, 1.807) is 18.2 Å². The number of hydrogen-bond acceptors (Lipinski definition) is 7. The van der Waals surface area contributed by atoms with Crippen molar-refractivity contribution in [3.63, 3.8) is 0 Å². The quantitative estimate of drug-likeness (QED) is 0.308. The zero-order valence-corrected chi connectivity index (χ0v) is 20.9. The van der Waals surface area contributed by atoms with Gasteiger partial charge in [-0.3, -0.25) is 28.7 Å². The summed E-state index contributed by atoms with van der Waals surface area (Å²) in [6.45, 7) is -0.974. The average molecular weight is 572 g/mol. The minimum atomic E-state index is -4.60. The summed E-state index contributed by atoms with van der Waals surface area (Å²) in [5.74, 6) is -2.97. The van der Waals surface area contributed by atoms with E-state index in [1.807, 2.05) is 0 Å². The molecule has 37 heavy (non-hydrogen) atoms. The summed E-state index contributed by atoms with van der Waals surface area (Å²) in [6, 6.07) is 10.3. The van der Waals surface area contributed by atoms with Gasteiger partial charge in [0, 0.05) is 17.8 Å². The van der Waals surface area contributed by atoms with Gasteiger partial charge in [-0.1, -0.05) is 48.2 Å². The zero-order valence-electron chi connectivity index (χ0n) is 18.5. The topological polar surface area (TPSA) is 124 Å². The molecule has 0 aromatic heterocycles. The van der Waals surface area contributed by atoms with E-state index in [4.69, 9.17) is 16.8 Å². The predicted octanol–water partition coefficient (Wildman–Crippen LogP) is 3.15. The van der Waals surface area contributed by atoms with Crippen LogP contribution in [0.15, 0.2) is 53.4 Å². The summed E-state index contributed by atoms with van der Waals surface area (Å²) in [6.07, 6.45) is -4.60. The minimum absolute atomic E-state index is 0.0119.